The summed E-state index contributed by atoms with van der Waals surface area (Å²) in [5, 5.41) is 2.60. The van der Waals surface area contributed by atoms with Gasteiger partial charge in [0.05, 0.1) is 0 Å². The van der Waals surface area contributed by atoms with E-state index in [0.29, 0.717) is 17.9 Å². The Kier molecular flexibility index (Phi) is 5.84. The first-order valence-corrected chi connectivity index (χ1v) is 8.20. The van der Waals surface area contributed by atoms with Gasteiger partial charge in [0.25, 0.3) is 11.8 Å². The van der Waals surface area contributed by atoms with Gasteiger partial charge in [0.2, 0.25) is 5.91 Å². The van der Waals surface area contributed by atoms with Crippen molar-refractivity contribution in [3.05, 3.63) is 42.0 Å². The second-order valence-corrected chi connectivity index (χ2v) is 6.45. The Morgan fingerprint density at radius 1 is 1.19 bits per heavy atom. The molecule has 5 amide bonds. The summed E-state index contributed by atoms with van der Waals surface area (Å²) in [6.45, 7) is 8.24. The molecule has 0 saturated carbocycles. The number of nitrogens with one attached hydrogen (secondary N) is 3. The van der Waals surface area contributed by atoms with E-state index in [2.05, 4.69) is 22.7 Å². The fraction of sp³-hybridized carbons (Fsp3) is 0.333. The average molecular weight is 374 g/mol. The zero-order valence-corrected chi connectivity index (χ0v) is 15.4. The molecule has 1 aromatic carbocycles. The van der Waals surface area contributed by atoms with Crippen LogP contribution in [0, 0.1) is 0 Å². The van der Waals surface area contributed by atoms with Gasteiger partial charge in [0, 0.05) is 6.92 Å². The van der Waals surface area contributed by atoms with E-state index in [1.54, 1.807) is 31.2 Å². The van der Waals surface area contributed by atoms with Crippen LogP contribution in [0.25, 0.3) is 0 Å². The van der Waals surface area contributed by atoms with Crippen LogP contribution in [0.5, 0.6) is 5.75 Å². The minimum atomic E-state index is -1.31. The van der Waals surface area contributed by atoms with E-state index < -0.39 is 35.8 Å². The monoisotopic (exact) mass is 374 g/mol. The molecule has 1 atom stereocenters. The molecule has 1 aliphatic heterocycles. The Morgan fingerprint density at radius 3 is 2.37 bits per heavy atom. The van der Waals surface area contributed by atoms with Crippen LogP contribution in [0.1, 0.15) is 26.3 Å². The van der Waals surface area contributed by atoms with Crippen LogP contribution < -0.4 is 20.9 Å². The standard InChI is InChI=1S/C18H22N4O5/c1-11(2)10-27-14-7-5-13(6-8-14)18(4)16(25)22(17(26)19-18)9-15(24)21-20-12(3)23/h5-8H,1,9-10H2,2-4H3,(H,19,26)(H,20,23)(H,21,24). The zero-order valence-electron chi connectivity index (χ0n) is 15.4. The third-order valence-electron chi connectivity index (χ3n) is 3.87. The lowest BCUT2D eigenvalue weighted by Gasteiger charge is -2.22. The maximum absolute atomic E-state index is 12.7. The highest BCUT2D eigenvalue weighted by Gasteiger charge is 2.49. The molecule has 0 radical (unpaired) electrons. The minimum Gasteiger partial charge on any atom is -0.489 e. The van der Waals surface area contributed by atoms with Gasteiger partial charge in [-0.05, 0) is 37.1 Å². The number of hydrogen-bond donors (Lipinski definition) is 3. The molecule has 0 bridgehead atoms. The van der Waals surface area contributed by atoms with Crippen molar-refractivity contribution < 1.29 is 23.9 Å². The molecular weight excluding hydrogens is 352 g/mol. The number of carbonyl (C=O) groups excluding carboxylic acids is 4. The summed E-state index contributed by atoms with van der Waals surface area (Å²) in [5.74, 6) is -1.13. The largest absolute Gasteiger partial charge is 0.489 e. The van der Waals surface area contributed by atoms with E-state index >= 15 is 0 Å². The third kappa shape index (κ3) is 4.63. The van der Waals surface area contributed by atoms with Crippen molar-refractivity contribution in [3.63, 3.8) is 0 Å². The number of rotatable bonds is 6. The van der Waals surface area contributed by atoms with Crippen LogP contribution in [-0.2, 0) is 19.9 Å². The van der Waals surface area contributed by atoms with Gasteiger partial charge in [-0.15, -0.1) is 0 Å². The first kappa shape index (κ1) is 20.0. The predicted molar refractivity (Wildman–Crippen MR) is 96.3 cm³/mol. The Bertz CT molecular complexity index is 789. The molecule has 1 fully saturated rings. The summed E-state index contributed by atoms with van der Waals surface area (Å²) < 4.78 is 5.52. The number of benzene rings is 1. The van der Waals surface area contributed by atoms with Gasteiger partial charge in [-0.25, -0.2) is 4.79 Å². The highest BCUT2D eigenvalue weighted by atomic mass is 16.5. The van der Waals surface area contributed by atoms with E-state index in [9.17, 15) is 19.2 Å². The summed E-state index contributed by atoms with van der Waals surface area (Å²) in [4.78, 5) is 48.3. The quantitative estimate of drug-likeness (QED) is 0.382. The normalized spacial score (nSPS) is 18.7. The molecular formula is C18H22N4O5. The van der Waals surface area contributed by atoms with Gasteiger partial charge in [0.15, 0.2) is 0 Å². The first-order chi connectivity index (χ1) is 12.6. The molecule has 1 unspecified atom stereocenters. The predicted octanol–water partition coefficient (Wildman–Crippen LogP) is 0.576. The van der Waals surface area contributed by atoms with Crippen LogP contribution in [0.15, 0.2) is 36.4 Å². The second-order valence-electron chi connectivity index (χ2n) is 6.45. The van der Waals surface area contributed by atoms with E-state index in [0.717, 1.165) is 10.5 Å². The molecule has 2 rings (SSSR count). The zero-order chi connectivity index (χ0) is 20.2. The molecule has 0 spiro atoms. The average Bonchev–Trinajstić information content (AvgIpc) is 2.82. The van der Waals surface area contributed by atoms with Gasteiger partial charge >= 0.3 is 6.03 Å². The van der Waals surface area contributed by atoms with Crippen LogP contribution in [0.2, 0.25) is 0 Å². The SMILES string of the molecule is C=C(C)COc1ccc(C2(C)NC(=O)N(CC(=O)NNC(C)=O)C2=O)cc1. The molecule has 1 aromatic rings. The van der Waals surface area contributed by atoms with Crippen LogP contribution in [-0.4, -0.2) is 41.8 Å². The first-order valence-electron chi connectivity index (χ1n) is 8.20. The van der Waals surface area contributed by atoms with Crippen molar-refractivity contribution in [1.29, 1.82) is 0 Å². The van der Waals surface area contributed by atoms with Crippen LogP contribution in [0.3, 0.4) is 0 Å². The molecule has 27 heavy (non-hydrogen) atoms. The summed E-state index contributed by atoms with van der Waals surface area (Å²) in [5.41, 5.74) is 4.33. The molecule has 9 heteroatoms. The lowest BCUT2D eigenvalue weighted by molar-refractivity contribution is -0.135. The maximum Gasteiger partial charge on any atom is 0.325 e. The third-order valence-corrected chi connectivity index (χ3v) is 3.87. The molecule has 0 aromatic heterocycles. The van der Waals surface area contributed by atoms with Crippen LogP contribution in [0.4, 0.5) is 4.79 Å². The Hall–Kier alpha value is -3.36. The summed E-state index contributed by atoms with van der Waals surface area (Å²) in [6.07, 6.45) is 0. The number of carbonyl (C=O) groups is 4. The highest BCUT2D eigenvalue weighted by molar-refractivity contribution is 6.09. The van der Waals surface area contributed by atoms with Gasteiger partial charge in [-0.3, -0.25) is 30.1 Å². The number of urea groups is 1. The minimum absolute atomic E-state index is 0.378. The fourth-order valence-electron chi connectivity index (χ4n) is 2.47. The number of ether oxygens (including phenoxy) is 1. The lowest BCUT2D eigenvalue weighted by Crippen LogP contribution is -2.47. The van der Waals surface area contributed by atoms with Crippen molar-refractivity contribution in [2.45, 2.75) is 26.3 Å². The van der Waals surface area contributed by atoms with E-state index in [1.165, 1.54) is 6.92 Å². The summed E-state index contributed by atoms with van der Waals surface area (Å²) >= 11 is 0. The van der Waals surface area contributed by atoms with Crippen molar-refractivity contribution in [3.8, 4) is 5.75 Å². The van der Waals surface area contributed by atoms with Crippen molar-refractivity contribution in [2.75, 3.05) is 13.2 Å². The number of hydrazine groups is 1. The Labute approximate surface area is 156 Å². The van der Waals surface area contributed by atoms with Crippen molar-refractivity contribution >= 4 is 23.8 Å². The van der Waals surface area contributed by atoms with Crippen molar-refractivity contribution in [1.82, 2.24) is 21.1 Å². The topological polar surface area (TPSA) is 117 Å². The van der Waals surface area contributed by atoms with E-state index in [4.69, 9.17) is 4.74 Å². The Morgan fingerprint density at radius 2 is 1.81 bits per heavy atom. The Balaban J connectivity index is 2.10. The number of amides is 5. The van der Waals surface area contributed by atoms with E-state index in [-0.39, 0.29) is 0 Å². The van der Waals surface area contributed by atoms with E-state index in [1.807, 2.05) is 6.92 Å². The number of imide groups is 1. The van der Waals surface area contributed by atoms with Gasteiger partial charge in [-0.1, -0.05) is 18.7 Å². The van der Waals surface area contributed by atoms with Crippen LogP contribution >= 0.6 is 0 Å². The molecule has 1 heterocycles. The summed E-state index contributed by atoms with van der Waals surface area (Å²) in [7, 11) is 0. The summed E-state index contributed by atoms with van der Waals surface area (Å²) in [6, 6.07) is 6.03. The second kappa shape index (κ2) is 7.90. The molecule has 3 N–H and O–H groups in total. The maximum atomic E-state index is 12.7. The molecule has 0 aliphatic carbocycles. The fourth-order valence-corrected chi connectivity index (χ4v) is 2.47. The van der Waals surface area contributed by atoms with Gasteiger partial charge < -0.3 is 10.1 Å². The molecule has 1 saturated heterocycles. The van der Waals surface area contributed by atoms with Crippen molar-refractivity contribution in [2.24, 2.45) is 0 Å². The lowest BCUT2D eigenvalue weighted by atomic mass is 9.92. The van der Waals surface area contributed by atoms with Gasteiger partial charge in [-0.2, -0.15) is 0 Å². The number of hydrogen-bond acceptors (Lipinski definition) is 5. The molecule has 144 valence electrons. The smallest absolute Gasteiger partial charge is 0.325 e. The highest BCUT2D eigenvalue weighted by Crippen LogP contribution is 2.30. The molecule has 1 aliphatic rings. The molecule has 9 nitrogen and oxygen atoms in total. The van der Waals surface area contributed by atoms with Gasteiger partial charge in [0.1, 0.15) is 24.4 Å². The number of nitrogens with zero attached hydrogens (tertiary/aromatic N) is 1.